The lowest BCUT2D eigenvalue weighted by atomic mass is 9.81. The van der Waals surface area contributed by atoms with Gasteiger partial charge in [0.1, 0.15) is 0 Å². The minimum Gasteiger partial charge on any atom is -0.365 e. The average molecular weight is 480 g/mol. The Balaban J connectivity index is 1.37. The summed E-state index contributed by atoms with van der Waals surface area (Å²) >= 11 is 1.27. The highest BCUT2D eigenvalue weighted by Crippen LogP contribution is 2.37. The van der Waals surface area contributed by atoms with Gasteiger partial charge in [0.25, 0.3) is 11.8 Å². The number of benzene rings is 1. The molecule has 3 N–H and O–H groups in total. The Labute approximate surface area is 192 Å². The molecule has 1 aliphatic carbocycles. The van der Waals surface area contributed by atoms with Crippen LogP contribution in [0.2, 0.25) is 0 Å². The third-order valence-corrected chi connectivity index (χ3v) is 7.40. The summed E-state index contributed by atoms with van der Waals surface area (Å²) in [5.41, 5.74) is 8.58. The van der Waals surface area contributed by atoms with Gasteiger partial charge in [0.05, 0.1) is 4.88 Å². The summed E-state index contributed by atoms with van der Waals surface area (Å²) in [4.78, 5) is 38.1. The molecular weight excluding hydrogens is 455 g/mol. The maximum absolute atomic E-state index is 13.0. The number of hydrogen-bond acceptors (Lipinski definition) is 4. The van der Waals surface area contributed by atoms with Gasteiger partial charge in [-0.2, -0.15) is 13.2 Å². The number of carbonyl (C=O) groups is 3. The molecule has 1 aliphatic heterocycles. The zero-order valence-electron chi connectivity index (χ0n) is 17.8. The van der Waals surface area contributed by atoms with Gasteiger partial charge in [0.2, 0.25) is 0 Å². The third-order valence-electron chi connectivity index (χ3n) is 6.48. The predicted octanol–water partition coefficient (Wildman–Crippen LogP) is 3.95. The molecule has 1 aromatic carbocycles. The van der Waals surface area contributed by atoms with Gasteiger partial charge < -0.3 is 16.0 Å². The number of rotatable bonds is 6. The molecule has 4 rings (SSSR count). The van der Waals surface area contributed by atoms with E-state index in [0.29, 0.717) is 36.4 Å². The quantitative estimate of drug-likeness (QED) is 0.657. The fraction of sp³-hybridized carbons (Fsp3) is 0.435. The van der Waals surface area contributed by atoms with E-state index in [9.17, 15) is 27.6 Å². The molecule has 0 unspecified atom stereocenters. The molecule has 0 spiro atoms. The number of halogens is 3. The molecule has 2 heterocycles. The number of carbonyl (C=O) groups excluding carboxylic acids is 3. The Morgan fingerprint density at radius 3 is 2.39 bits per heavy atom. The highest BCUT2D eigenvalue weighted by Gasteiger charge is 2.39. The van der Waals surface area contributed by atoms with E-state index in [1.54, 1.807) is 22.4 Å². The fourth-order valence-corrected chi connectivity index (χ4v) is 5.53. The predicted molar refractivity (Wildman–Crippen MR) is 118 cm³/mol. The topological polar surface area (TPSA) is 92.5 Å². The second-order valence-electron chi connectivity index (χ2n) is 8.64. The van der Waals surface area contributed by atoms with Crippen LogP contribution in [0.25, 0.3) is 11.1 Å². The summed E-state index contributed by atoms with van der Waals surface area (Å²) in [7, 11) is 0. The van der Waals surface area contributed by atoms with E-state index < -0.39 is 18.0 Å². The van der Waals surface area contributed by atoms with Crippen molar-refractivity contribution in [3.63, 3.8) is 0 Å². The molecule has 3 amide bonds. The van der Waals surface area contributed by atoms with E-state index in [-0.39, 0.29) is 24.3 Å². The molecule has 176 valence electrons. The first-order valence-electron chi connectivity index (χ1n) is 10.8. The Morgan fingerprint density at radius 1 is 1.06 bits per heavy atom. The smallest absolute Gasteiger partial charge is 0.365 e. The number of thiophene rings is 1. The van der Waals surface area contributed by atoms with Gasteiger partial charge in [-0.25, -0.2) is 0 Å². The van der Waals surface area contributed by atoms with E-state index in [1.807, 2.05) is 17.4 Å². The minimum absolute atomic E-state index is 0.0106. The van der Waals surface area contributed by atoms with Crippen molar-refractivity contribution in [2.75, 3.05) is 13.1 Å². The first kappa shape index (κ1) is 23.3. The van der Waals surface area contributed by atoms with Crippen molar-refractivity contribution < 1.29 is 27.6 Å². The molecule has 2 aromatic rings. The standard InChI is InChI=1S/C23H24F3N3O3S/c24-23(25,26)22(32)28-10-13-4-6-14(7-5-13)11-29-12-18-15(2-1-3-17(18)21(29)31)16-8-9-33-19(16)20(27)30/h1-3,8-9,13-14H,4-7,10-12H2,(H2,27,30)(H,28,32). The Morgan fingerprint density at radius 2 is 1.73 bits per heavy atom. The largest absolute Gasteiger partial charge is 0.471 e. The van der Waals surface area contributed by atoms with Crippen LogP contribution in [-0.4, -0.2) is 41.9 Å². The Hall–Kier alpha value is -2.88. The van der Waals surface area contributed by atoms with Crippen LogP contribution in [0.1, 0.15) is 51.3 Å². The summed E-state index contributed by atoms with van der Waals surface area (Å²) < 4.78 is 37.0. The van der Waals surface area contributed by atoms with Crippen molar-refractivity contribution in [3.05, 3.63) is 45.6 Å². The monoisotopic (exact) mass is 479 g/mol. The number of primary amides is 1. The average Bonchev–Trinajstić information content (AvgIpc) is 3.38. The third kappa shape index (κ3) is 4.90. The van der Waals surface area contributed by atoms with Crippen molar-refractivity contribution >= 4 is 29.1 Å². The zero-order valence-corrected chi connectivity index (χ0v) is 18.6. The number of hydrogen-bond donors (Lipinski definition) is 2. The van der Waals surface area contributed by atoms with Crippen molar-refractivity contribution in [1.29, 1.82) is 0 Å². The van der Waals surface area contributed by atoms with E-state index >= 15 is 0 Å². The van der Waals surface area contributed by atoms with E-state index in [1.165, 1.54) is 11.3 Å². The molecule has 1 aromatic heterocycles. The van der Waals surface area contributed by atoms with Gasteiger partial charge in [0, 0.05) is 30.8 Å². The summed E-state index contributed by atoms with van der Waals surface area (Å²) in [5.74, 6) is -2.18. The van der Waals surface area contributed by atoms with E-state index in [2.05, 4.69) is 0 Å². The number of fused-ring (bicyclic) bond motifs is 1. The molecular formula is C23H24F3N3O3S. The van der Waals surface area contributed by atoms with Crippen molar-refractivity contribution in [3.8, 4) is 11.1 Å². The van der Waals surface area contributed by atoms with E-state index in [0.717, 1.165) is 29.5 Å². The van der Waals surface area contributed by atoms with Gasteiger partial charge in [-0.1, -0.05) is 12.1 Å². The van der Waals surface area contributed by atoms with E-state index in [4.69, 9.17) is 5.73 Å². The molecule has 6 nitrogen and oxygen atoms in total. The van der Waals surface area contributed by atoms with Crippen LogP contribution in [0, 0.1) is 11.8 Å². The van der Waals surface area contributed by atoms with Crippen LogP contribution in [0.3, 0.4) is 0 Å². The Kier molecular flexibility index (Phi) is 6.47. The highest BCUT2D eigenvalue weighted by molar-refractivity contribution is 7.12. The van der Waals surface area contributed by atoms with Gasteiger partial charge in [-0.05, 0) is 66.2 Å². The van der Waals surface area contributed by atoms with Crippen LogP contribution in [-0.2, 0) is 11.3 Å². The summed E-state index contributed by atoms with van der Waals surface area (Å²) in [6, 6.07) is 7.33. The molecule has 0 saturated heterocycles. The fourth-order valence-electron chi connectivity index (χ4n) is 4.77. The van der Waals surface area contributed by atoms with Crippen LogP contribution in [0.5, 0.6) is 0 Å². The van der Waals surface area contributed by atoms with Crippen LogP contribution in [0.4, 0.5) is 13.2 Å². The highest BCUT2D eigenvalue weighted by atomic mass is 32.1. The number of amides is 3. The molecule has 0 radical (unpaired) electrons. The van der Waals surface area contributed by atoms with Gasteiger partial charge >= 0.3 is 12.1 Å². The maximum atomic E-state index is 13.0. The number of alkyl halides is 3. The van der Waals surface area contributed by atoms with Crippen molar-refractivity contribution in [2.45, 2.75) is 38.4 Å². The normalized spacial score (nSPS) is 20.6. The molecule has 0 atom stereocenters. The van der Waals surface area contributed by atoms with Crippen molar-refractivity contribution in [2.24, 2.45) is 17.6 Å². The number of nitrogens with two attached hydrogens (primary N) is 1. The van der Waals surface area contributed by atoms with Crippen LogP contribution in [0.15, 0.2) is 29.6 Å². The summed E-state index contributed by atoms with van der Waals surface area (Å²) in [6.07, 6.45) is -1.87. The van der Waals surface area contributed by atoms with Crippen LogP contribution < -0.4 is 11.1 Å². The molecule has 2 aliphatic rings. The first-order chi connectivity index (χ1) is 15.6. The molecule has 10 heteroatoms. The number of nitrogens with one attached hydrogen (secondary N) is 1. The summed E-state index contributed by atoms with van der Waals surface area (Å²) in [5, 5.41) is 3.78. The van der Waals surface area contributed by atoms with Crippen LogP contribution >= 0.6 is 11.3 Å². The molecule has 33 heavy (non-hydrogen) atoms. The second kappa shape index (κ2) is 9.17. The maximum Gasteiger partial charge on any atom is 0.471 e. The van der Waals surface area contributed by atoms with Gasteiger partial charge in [-0.15, -0.1) is 11.3 Å². The SMILES string of the molecule is NC(=O)c1sccc1-c1cccc2c1CN(CC1CCC(CNC(=O)C(F)(F)F)CC1)C2=O. The summed E-state index contributed by atoms with van der Waals surface area (Å²) in [6.45, 7) is 1.03. The molecule has 0 bridgehead atoms. The number of nitrogens with zero attached hydrogens (tertiary/aromatic N) is 1. The minimum atomic E-state index is -4.86. The first-order valence-corrected chi connectivity index (χ1v) is 11.7. The second-order valence-corrected chi connectivity index (χ2v) is 9.56. The van der Waals surface area contributed by atoms with Crippen molar-refractivity contribution in [1.82, 2.24) is 10.2 Å². The Bertz CT molecular complexity index is 1070. The molecule has 1 fully saturated rings. The van der Waals surface area contributed by atoms with Gasteiger partial charge in [-0.3, -0.25) is 14.4 Å². The lowest BCUT2D eigenvalue weighted by Gasteiger charge is -2.31. The zero-order chi connectivity index (χ0) is 23.8. The lowest BCUT2D eigenvalue weighted by molar-refractivity contribution is -0.173. The van der Waals surface area contributed by atoms with Gasteiger partial charge in [0.15, 0.2) is 0 Å². The lowest BCUT2D eigenvalue weighted by Crippen LogP contribution is -2.40. The molecule has 1 saturated carbocycles.